The van der Waals surface area contributed by atoms with Crippen molar-refractivity contribution in [2.75, 3.05) is 6.61 Å². The maximum Gasteiger partial charge on any atom is 0.295 e. The third kappa shape index (κ3) is 5.10. The number of hydrogen-bond donors (Lipinski definition) is 1. The van der Waals surface area contributed by atoms with Crippen molar-refractivity contribution in [2.45, 2.75) is 26.4 Å². The summed E-state index contributed by atoms with van der Waals surface area (Å²) < 4.78 is 5.68. The van der Waals surface area contributed by atoms with E-state index >= 15 is 0 Å². The number of aliphatic hydroxyl groups excluding tert-OH is 1. The number of pyridine rings is 1. The smallest absolute Gasteiger partial charge is 0.295 e. The number of aliphatic hydroxyl groups is 1. The van der Waals surface area contributed by atoms with Gasteiger partial charge in [-0.25, -0.2) is 0 Å². The van der Waals surface area contributed by atoms with Gasteiger partial charge >= 0.3 is 0 Å². The molecule has 184 valence electrons. The van der Waals surface area contributed by atoms with Gasteiger partial charge in [0.05, 0.1) is 23.1 Å². The molecule has 9 heteroatoms. The maximum atomic E-state index is 13.2. The Labute approximate surface area is 207 Å². The van der Waals surface area contributed by atoms with Crippen molar-refractivity contribution in [2.24, 2.45) is 5.92 Å². The van der Waals surface area contributed by atoms with E-state index in [1.54, 1.807) is 48.8 Å². The number of non-ortho nitro benzene ring substituents is 1. The van der Waals surface area contributed by atoms with E-state index in [2.05, 4.69) is 4.98 Å². The first-order chi connectivity index (χ1) is 17.3. The van der Waals surface area contributed by atoms with Crippen molar-refractivity contribution in [3.63, 3.8) is 0 Å². The first kappa shape index (κ1) is 24.6. The molecular weight excluding hydrogens is 462 g/mol. The van der Waals surface area contributed by atoms with Crippen LogP contribution in [-0.4, -0.2) is 38.2 Å². The highest BCUT2D eigenvalue weighted by molar-refractivity contribution is 6.46. The van der Waals surface area contributed by atoms with Gasteiger partial charge in [-0.05, 0) is 59.5 Å². The molecule has 1 aromatic heterocycles. The molecule has 1 saturated heterocycles. The fourth-order valence-electron chi connectivity index (χ4n) is 3.98. The van der Waals surface area contributed by atoms with Gasteiger partial charge in [0, 0.05) is 36.6 Å². The second-order valence-corrected chi connectivity index (χ2v) is 8.87. The Hall–Kier alpha value is -4.53. The topological polar surface area (TPSA) is 123 Å². The first-order valence-electron chi connectivity index (χ1n) is 11.4. The minimum atomic E-state index is -0.942. The normalized spacial score (nSPS) is 17.0. The number of likely N-dealkylation sites (tertiary alicyclic amines) is 1. The minimum absolute atomic E-state index is 0.0683. The van der Waals surface area contributed by atoms with Crippen LogP contribution in [0.3, 0.4) is 0 Å². The average Bonchev–Trinajstić information content (AvgIpc) is 3.13. The Morgan fingerprint density at radius 2 is 1.81 bits per heavy atom. The lowest BCUT2D eigenvalue weighted by atomic mass is 9.95. The molecule has 2 heterocycles. The molecular formula is C27H25N3O6. The predicted octanol–water partition coefficient (Wildman–Crippen LogP) is 4.65. The standard InChI is InChI=1S/C27H25N3O6/c1-17(2)16-36-22-11-7-20(8-12-22)25(31)23-24(19-5-9-21(10-6-19)30(34)35)29(27(33)26(23)32)15-18-4-3-13-28-14-18/h3-14,17,24,31H,15-16H2,1-2H3/b25-23-. The van der Waals surface area contributed by atoms with Crippen LogP contribution in [0.4, 0.5) is 5.69 Å². The van der Waals surface area contributed by atoms with Crippen LogP contribution >= 0.6 is 0 Å². The van der Waals surface area contributed by atoms with Gasteiger partial charge in [0.1, 0.15) is 11.5 Å². The van der Waals surface area contributed by atoms with Crippen molar-refractivity contribution >= 4 is 23.1 Å². The highest BCUT2D eigenvalue weighted by Crippen LogP contribution is 2.40. The maximum absolute atomic E-state index is 13.2. The number of carbonyl (C=O) groups is 2. The van der Waals surface area contributed by atoms with Gasteiger partial charge in [0.15, 0.2) is 0 Å². The molecule has 9 nitrogen and oxygen atoms in total. The van der Waals surface area contributed by atoms with Crippen LogP contribution in [0.2, 0.25) is 0 Å². The molecule has 1 atom stereocenters. The molecule has 1 aliphatic rings. The van der Waals surface area contributed by atoms with E-state index in [0.717, 1.165) is 0 Å². The number of amides is 1. The lowest BCUT2D eigenvalue weighted by molar-refractivity contribution is -0.384. The largest absolute Gasteiger partial charge is 0.507 e. The number of hydrogen-bond acceptors (Lipinski definition) is 7. The SMILES string of the molecule is CC(C)COc1ccc(/C(O)=C2/C(=O)C(=O)N(Cc3cccnc3)C2c2ccc([N+](=O)[O-])cc2)cc1. The highest BCUT2D eigenvalue weighted by atomic mass is 16.6. The Morgan fingerprint density at radius 1 is 1.11 bits per heavy atom. The fourth-order valence-corrected chi connectivity index (χ4v) is 3.98. The van der Waals surface area contributed by atoms with Gasteiger partial charge in [-0.3, -0.25) is 24.7 Å². The molecule has 0 aliphatic carbocycles. The van der Waals surface area contributed by atoms with Crippen LogP contribution in [0.15, 0.2) is 78.6 Å². The number of nitro groups is 1. The van der Waals surface area contributed by atoms with Crippen LogP contribution in [0.25, 0.3) is 5.76 Å². The quantitative estimate of drug-likeness (QED) is 0.161. The van der Waals surface area contributed by atoms with Gasteiger partial charge < -0.3 is 14.7 Å². The molecule has 0 spiro atoms. The Kier molecular flexibility index (Phi) is 7.10. The number of Topliss-reactive ketones (excluding diaryl/α,β-unsaturated/α-hetero) is 1. The number of rotatable bonds is 8. The highest BCUT2D eigenvalue weighted by Gasteiger charge is 2.46. The summed E-state index contributed by atoms with van der Waals surface area (Å²) in [4.78, 5) is 42.3. The van der Waals surface area contributed by atoms with Crippen LogP contribution in [0.1, 0.15) is 36.6 Å². The summed E-state index contributed by atoms with van der Waals surface area (Å²) in [7, 11) is 0. The van der Waals surface area contributed by atoms with E-state index in [4.69, 9.17) is 4.74 Å². The second kappa shape index (κ2) is 10.4. The van der Waals surface area contributed by atoms with Crippen molar-refractivity contribution in [3.05, 3.63) is 105 Å². The van der Waals surface area contributed by atoms with E-state index in [-0.39, 0.29) is 23.6 Å². The molecule has 1 N–H and O–H groups in total. The number of benzene rings is 2. The molecule has 0 radical (unpaired) electrons. The van der Waals surface area contributed by atoms with Gasteiger partial charge in [0.25, 0.3) is 17.4 Å². The molecule has 0 saturated carbocycles. The monoisotopic (exact) mass is 487 g/mol. The van der Waals surface area contributed by atoms with Gasteiger partial charge in [-0.2, -0.15) is 0 Å². The Balaban J connectivity index is 1.77. The molecule has 4 rings (SSSR count). The van der Waals surface area contributed by atoms with E-state index in [9.17, 15) is 24.8 Å². The van der Waals surface area contributed by atoms with Crippen LogP contribution in [-0.2, 0) is 16.1 Å². The minimum Gasteiger partial charge on any atom is -0.507 e. The fraction of sp³-hybridized carbons (Fsp3) is 0.222. The lowest BCUT2D eigenvalue weighted by Gasteiger charge is -2.25. The molecule has 1 amide bonds. The number of ketones is 1. The summed E-state index contributed by atoms with van der Waals surface area (Å²) in [5.41, 5.74) is 1.28. The number of nitro benzene ring substituents is 1. The molecule has 36 heavy (non-hydrogen) atoms. The molecule has 2 aromatic carbocycles. The summed E-state index contributed by atoms with van der Waals surface area (Å²) >= 11 is 0. The van der Waals surface area contributed by atoms with Gasteiger partial charge in [-0.1, -0.05) is 19.9 Å². The van der Waals surface area contributed by atoms with Crippen molar-refractivity contribution < 1.29 is 24.4 Å². The molecule has 0 bridgehead atoms. The Morgan fingerprint density at radius 3 is 2.39 bits per heavy atom. The number of aromatic nitrogens is 1. The third-order valence-corrected chi connectivity index (χ3v) is 5.75. The second-order valence-electron chi connectivity index (χ2n) is 8.87. The number of carbonyl (C=O) groups excluding carboxylic acids is 2. The summed E-state index contributed by atoms with van der Waals surface area (Å²) in [5.74, 6) is -0.985. The summed E-state index contributed by atoms with van der Waals surface area (Å²) in [6, 6.07) is 14.7. The average molecular weight is 488 g/mol. The van der Waals surface area contributed by atoms with Crippen molar-refractivity contribution in [1.29, 1.82) is 0 Å². The van der Waals surface area contributed by atoms with E-state index in [0.29, 0.717) is 35.0 Å². The molecule has 1 aliphatic heterocycles. The van der Waals surface area contributed by atoms with E-state index in [1.807, 2.05) is 13.8 Å². The number of nitrogens with zero attached hydrogens (tertiary/aromatic N) is 3. The zero-order valence-corrected chi connectivity index (χ0v) is 19.8. The zero-order chi connectivity index (χ0) is 25.8. The van der Waals surface area contributed by atoms with Crippen molar-refractivity contribution in [1.82, 2.24) is 9.88 Å². The summed E-state index contributed by atoms with van der Waals surface area (Å²) in [5, 5.41) is 22.3. The van der Waals surface area contributed by atoms with E-state index in [1.165, 1.54) is 29.2 Å². The summed E-state index contributed by atoms with van der Waals surface area (Å²) in [6.45, 7) is 4.66. The van der Waals surface area contributed by atoms with E-state index < -0.39 is 22.7 Å². The lowest BCUT2D eigenvalue weighted by Crippen LogP contribution is -2.29. The van der Waals surface area contributed by atoms with Crippen molar-refractivity contribution in [3.8, 4) is 5.75 Å². The van der Waals surface area contributed by atoms with Gasteiger partial charge in [0.2, 0.25) is 0 Å². The summed E-state index contributed by atoms with van der Waals surface area (Å²) in [6.07, 6.45) is 3.18. The molecule has 1 fully saturated rings. The molecule has 1 unspecified atom stereocenters. The Bertz CT molecular complexity index is 1300. The predicted molar refractivity (Wildman–Crippen MR) is 132 cm³/mol. The molecule has 3 aromatic rings. The third-order valence-electron chi connectivity index (χ3n) is 5.75. The van der Waals surface area contributed by atoms with Crippen LogP contribution in [0.5, 0.6) is 5.75 Å². The van der Waals surface area contributed by atoms with Crippen LogP contribution in [0, 0.1) is 16.0 Å². The zero-order valence-electron chi connectivity index (χ0n) is 19.8. The van der Waals surface area contributed by atoms with Gasteiger partial charge in [-0.15, -0.1) is 0 Å². The first-order valence-corrected chi connectivity index (χ1v) is 11.4. The number of ether oxygens (including phenoxy) is 1. The van der Waals surface area contributed by atoms with Crippen LogP contribution < -0.4 is 4.74 Å².